The molecule has 2 aromatic rings. The number of nitrogens with zero attached hydrogens (tertiary/aromatic N) is 1. The van der Waals surface area contributed by atoms with Crippen LogP contribution in [0.4, 0.5) is 0 Å². The molecule has 10 heteroatoms. The molecule has 0 aromatic heterocycles. The van der Waals surface area contributed by atoms with Crippen LogP contribution in [0.1, 0.15) is 23.1 Å². The predicted molar refractivity (Wildman–Crippen MR) is 125 cm³/mol. The maximum atomic E-state index is 13.3. The van der Waals surface area contributed by atoms with Crippen LogP contribution in [0.25, 0.3) is 0 Å². The highest BCUT2D eigenvalue weighted by atomic mass is 35.5. The van der Waals surface area contributed by atoms with E-state index in [1.165, 1.54) is 4.31 Å². The molecule has 0 spiro atoms. The molecule has 178 valence electrons. The molecular formula is C23H28ClN3O5S. The lowest BCUT2D eigenvalue weighted by atomic mass is 10.1. The zero-order valence-corrected chi connectivity index (χ0v) is 20.2. The first-order valence-corrected chi connectivity index (χ1v) is 12.5. The SMILES string of the molecule is Cc1ccc(C)c(S(=O)(=O)N2CCCO[C@H]2CNC(=O)C(=O)NCCc2ccc(Cl)cc2)c1. The van der Waals surface area contributed by atoms with Crippen molar-refractivity contribution >= 4 is 33.4 Å². The summed E-state index contributed by atoms with van der Waals surface area (Å²) in [6, 6.07) is 12.5. The van der Waals surface area contributed by atoms with Crippen LogP contribution in [0.3, 0.4) is 0 Å². The average Bonchev–Trinajstić information content (AvgIpc) is 2.80. The van der Waals surface area contributed by atoms with Gasteiger partial charge in [0.25, 0.3) is 0 Å². The number of aryl methyl sites for hydroxylation is 2. The molecule has 1 saturated heterocycles. The van der Waals surface area contributed by atoms with Crippen molar-refractivity contribution in [2.24, 2.45) is 0 Å². The van der Waals surface area contributed by atoms with Crippen LogP contribution in [0, 0.1) is 13.8 Å². The fourth-order valence-corrected chi connectivity index (χ4v) is 5.53. The molecule has 1 heterocycles. The zero-order chi connectivity index (χ0) is 24.0. The molecule has 1 fully saturated rings. The monoisotopic (exact) mass is 493 g/mol. The highest BCUT2D eigenvalue weighted by Crippen LogP contribution is 2.25. The number of sulfonamides is 1. The molecule has 3 rings (SSSR count). The number of ether oxygens (including phenoxy) is 1. The minimum absolute atomic E-state index is 0.131. The fourth-order valence-electron chi connectivity index (χ4n) is 3.53. The number of halogens is 1. The highest BCUT2D eigenvalue weighted by Gasteiger charge is 2.35. The number of amides is 2. The Morgan fingerprint density at radius 2 is 1.79 bits per heavy atom. The van der Waals surface area contributed by atoms with E-state index in [1.807, 2.05) is 25.1 Å². The second kappa shape index (κ2) is 11.1. The summed E-state index contributed by atoms with van der Waals surface area (Å²) >= 11 is 5.85. The molecular weight excluding hydrogens is 466 g/mol. The Morgan fingerprint density at radius 3 is 2.52 bits per heavy atom. The van der Waals surface area contributed by atoms with Gasteiger partial charge in [-0.05, 0) is 61.6 Å². The van der Waals surface area contributed by atoms with Crippen molar-refractivity contribution in [3.63, 3.8) is 0 Å². The van der Waals surface area contributed by atoms with E-state index in [2.05, 4.69) is 10.6 Å². The molecule has 2 amide bonds. The third-order valence-electron chi connectivity index (χ3n) is 5.34. The molecule has 8 nitrogen and oxygen atoms in total. The lowest BCUT2D eigenvalue weighted by Crippen LogP contribution is -2.53. The van der Waals surface area contributed by atoms with Gasteiger partial charge < -0.3 is 15.4 Å². The Balaban J connectivity index is 1.57. The zero-order valence-electron chi connectivity index (χ0n) is 18.6. The summed E-state index contributed by atoms with van der Waals surface area (Å²) in [6.07, 6.45) is 0.193. The van der Waals surface area contributed by atoms with Crippen molar-refractivity contribution in [2.45, 2.75) is 37.8 Å². The highest BCUT2D eigenvalue weighted by molar-refractivity contribution is 7.89. The summed E-state index contributed by atoms with van der Waals surface area (Å²) in [5, 5.41) is 5.67. The summed E-state index contributed by atoms with van der Waals surface area (Å²) in [5.41, 5.74) is 2.44. The molecule has 0 radical (unpaired) electrons. The average molecular weight is 494 g/mol. The lowest BCUT2D eigenvalue weighted by Gasteiger charge is -2.35. The summed E-state index contributed by atoms with van der Waals surface area (Å²) in [4.78, 5) is 24.6. The van der Waals surface area contributed by atoms with Gasteiger partial charge >= 0.3 is 11.8 Å². The molecule has 1 aliphatic heterocycles. The van der Waals surface area contributed by atoms with Crippen molar-refractivity contribution < 1.29 is 22.7 Å². The van der Waals surface area contributed by atoms with Crippen LogP contribution in [0.5, 0.6) is 0 Å². The first kappa shape index (κ1) is 25.2. The Kier molecular flexibility index (Phi) is 8.47. The van der Waals surface area contributed by atoms with Crippen molar-refractivity contribution in [2.75, 3.05) is 26.2 Å². The van der Waals surface area contributed by atoms with E-state index in [-0.39, 0.29) is 24.5 Å². The molecule has 0 bridgehead atoms. The van der Waals surface area contributed by atoms with Crippen LogP contribution >= 0.6 is 11.6 Å². The molecule has 2 N–H and O–H groups in total. The first-order valence-electron chi connectivity index (χ1n) is 10.7. The largest absolute Gasteiger partial charge is 0.360 e. The van der Waals surface area contributed by atoms with Gasteiger partial charge in [-0.3, -0.25) is 9.59 Å². The van der Waals surface area contributed by atoms with Crippen molar-refractivity contribution in [1.29, 1.82) is 0 Å². The van der Waals surface area contributed by atoms with Gasteiger partial charge in [-0.25, -0.2) is 8.42 Å². The van der Waals surface area contributed by atoms with Crippen molar-refractivity contribution in [1.82, 2.24) is 14.9 Å². The maximum Gasteiger partial charge on any atom is 0.309 e. The molecule has 2 aromatic carbocycles. The number of carbonyl (C=O) groups is 2. The number of carbonyl (C=O) groups excluding carboxylic acids is 2. The van der Waals surface area contributed by atoms with Crippen LogP contribution in [-0.4, -0.2) is 57.0 Å². The number of hydrogen-bond acceptors (Lipinski definition) is 5. The van der Waals surface area contributed by atoms with E-state index >= 15 is 0 Å². The van der Waals surface area contributed by atoms with E-state index in [0.29, 0.717) is 30.0 Å². The van der Waals surface area contributed by atoms with Gasteiger partial charge in [-0.1, -0.05) is 35.9 Å². The van der Waals surface area contributed by atoms with Crippen LogP contribution in [0.2, 0.25) is 5.02 Å². The van der Waals surface area contributed by atoms with E-state index in [1.54, 1.807) is 31.2 Å². The summed E-state index contributed by atoms with van der Waals surface area (Å²) < 4.78 is 33.5. The summed E-state index contributed by atoms with van der Waals surface area (Å²) in [7, 11) is -3.83. The van der Waals surface area contributed by atoms with Gasteiger partial charge in [0.1, 0.15) is 6.23 Å². The molecule has 1 atom stereocenters. The summed E-state index contributed by atoms with van der Waals surface area (Å²) in [6.45, 7) is 4.35. The van der Waals surface area contributed by atoms with Gasteiger partial charge in [-0.15, -0.1) is 0 Å². The number of hydrogen-bond donors (Lipinski definition) is 2. The Labute approximate surface area is 199 Å². The molecule has 0 saturated carbocycles. The van der Waals surface area contributed by atoms with Gasteiger partial charge in [0.15, 0.2) is 0 Å². The van der Waals surface area contributed by atoms with E-state index in [0.717, 1.165) is 11.1 Å². The van der Waals surface area contributed by atoms with Crippen molar-refractivity contribution in [3.05, 3.63) is 64.2 Å². The van der Waals surface area contributed by atoms with E-state index in [4.69, 9.17) is 16.3 Å². The molecule has 33 heavy (non-hydrogen) atoms. The third kappa shape index (κ3) is 6.54. The van der Waals surface area contributed by atoms with Crippen LogP contribution in [0.15, 0.2) is 47.4 Å². The third-order valence-corrected chi connectivity index (χ3v) is 7.62. The standard InChI is InChI=1S/C23H28ClN3O5S/c1-16-4-5-17(2)20(14-16)33(30,31)27-12-3-13-32-21(27)15-26-23(29)22(28)25-11-10-18-6-8-19(24)9-7-18/h4-9,14,21H,3,10-13,15H2,1-2H3,(H,25,28)(H,26,29)/t21-/m0/s1. The van der Waals surface area contributed by atoms with Crippen molar-refractivity contribution in [3.8, 4) is 0 Å². The van der Waals surface area contributed by atoms with Gasteiger partial charge in [-0.2, -0.15) is 4.31 Å². The van der Waals surface area contributed by atoms with Crippen LogP contribution < -0.4 is 10.6 Å². The normalized spacial score (nSPS) is 16.9. The lowest BCUT2D eigenvalue weighted by molar-refractivity contribution is -0.140. The van der Waals surface area contributed by atoms with E-state index < -0.39 is 28.1 Å². The van der Waals surface area contributed by atoms with Crippen LogP contribution in [-0.2, 0) is 30.8 Å². The quantitative estimate of drug-likeness (QED) is 0.575. The van der Waals surface area contributed by atoms with Gasteiger partial charge in [0.05, 0.1) is 18.0 Å². The fraction of sp³-hybridized carbons (Fsp3) is 0.391. The molecule has 0 unspecified atom stereocenters. The second-order valence-corrected chi connectivity index (χ2v) is 10.2. The number of benzene rings is 2. The Bertz CT molecular complexity index is 1110. The minimum atomic E-state index is -3.83. The molecule has 0 aliphatic carbocycles. The minimum Gasteiger partial charge on any atom is -0.360 e. The van der Waals surface area contributed by atoms with Gasteiger partial charge in [0.2, 0.25) is 10.0 Å². The Morgan fingerprint density at radius 1 is 1.09 bits per heavy atom. The topological polar surface area (TPSA) is 105 Å². The van der Waals surface area contributed by atoms with E-state index in [9.17, 15) is 18.0 Å². The predicted octanol–water partition coefficient (Wildman–Crippen LogP) is 2.17. The maximum absolute atomic E-state index is 13.3. The first-order chi connectivity index (χ1) is 15.7. The number of nitrogens with one attached hydrogen (secondary N) is 2. The smallest absolute Gasteiger partial charge is 0.309 e. The molecule has 1 aliphatic rings. The van der Waals surface area contributed by atoms with Gasteiger partial charge in [0, 0.05) is 18.1 Å². The Hall–Kier alpha value is -2.46. The summed E-state index contributed by atoms with van der Waals surface area (Å²) in [5.74, 6) is -1.63. The number of rotatable bonds is 7. The second-order valence-electron chi connectivity index (χ2n) is 7.91.